The molecule has 1 aromatic rings. The van der Waals surface area contributed by atoms with Gasteiger partial charge in [0.2, 0.25) is 6.79 Å². The molecule has 1 aromatic carbocycles. The number of nitrogens with one attached hydrogen (secondary N) is 2. The van der Waals surface area contributed by atoms with Gasteiger partial charge in [0.1, 0.15) is 0 Å². The Labute approximate surface area is 150 Å². The van der Waals surface area contributed by atoms with E-state index >= 15 is 0 Å². The van der Waals surface area contributed by atoms with Gasteiger partial charge in [-0.15, -0.1) is 0 Å². The molecule has 0 unspecified atom stereocenters. The number of carbonyl (C=O) groups is 1. The van der Waals surface area contributed by atoms with Crippen LogP contribution < -0.4 is 20.1 Å². The lowest BCUT2D eigenvalue weighted by Crippen LogP contribution is -2.38. The van der Waals surface area contributed by atoms with Gasteiger partial charge in [-0.2, -0.15) is 0 Å². The maximum absolute atomic E-state index is 12.4. The first-order valence-corrected chi connectivity index (χ1v) is 9.78. The maximum atomic E-state index is 12.4. The molecule has 1 heterocycles. The summed E-state index contributed by atoms with van der Waals surface area (Å²) in [4.78, 5) is 12.4. The predicted octanol–water partition coefficient (Wildman–Crippen LogP) is 5.21. The van der Waals surface area contributed by atoms with E-state index in [1.54, 1.807) is 0 Å². The number of amides is 2. The molecule has 138 valence electrons. The average molecular weight is 346 g/mol. The fraction of sp³-hybridized carbons (Fsp3) is 0.650. The lowest BCUT2D eigenvalue weighted by Gasteiger charge is -2.20. The first-order valence-electron chi connectivity index (χ1n) is 9.78. The highest BCUT2D eigenvalue weighted by molar-refractivity contribution is 5.89. The first-order chi connectivity index (χ1) is 12.3. The summed E-state index contributed by atoms with van der Waals surface area (Å²) in [6, 6.07) is 5.62. The second-order valence-electron chi connectivity index (χ2n) is 7.12. The molecule has 0 spiro atoms. The van der Waals surface area contributed by atoms with Gasteiger partial charge in [-0.1, -0.05) is 57.8 Å². The van der Waals surface area contributed by atoms with E-state index in [4.69, 9.17) is 9.47 Å². The lowest BCUT2D eigenvalue weighted by molar-refractivity contribution is 0.174. The average Bonchev–Trinajstić information content (AvgIpc) is 3.05. The Morgan fingerprint density at radius 1 is 0.840 bits per heavy atom. The number of carbonyl (C=O) groups excluding carboxylic acids is 1. The Balaban J connectivity index is 1.48. The number of fused-ring (bicyclic) bond motifs is 1. The van der Waals surface area contributed by atoms with E-state index in [1.165, 1.54) is 57.8 Å². The molecule has 2 aliphatic rings. The van der Waals surface area contributed by atoms with Crippen molar-refractivity contribution in [2.75, 3.05) is 12.1 Å². The Bertz CT molecular complexity index is 550. The molecule has 0 atom stereocenters. The molecular weight excluding hydrogens is 316 g/mol. The summed E-state index contributed by atoms with van der Waals surface area (Å²) < 4.78 is 10.7. The molecule has 1 aliphatic carbocycles. The fourth-order valence-electron chi connectivity index (χ4n) is 3.63. The van der Waals surface area contributed by atoms with Gasteiger partial charge in [-0.25, -0.2) is 4.79 Å². The molecule has 0 aromatic heterocycles. The monoisotopic (exact) mass is 346 g/mol. The molecule has 5 nitrogen and oxygen atoms in total. The minimum absolute atomic E-state index is 0.129. The van der Waals surface area contributed by atoms with E-state index in [0.717, 1.165) is 24.3 Å². The molecule has 1 aliphatic heterocycles. The van der Waals surface area contributed by atoms with Gasteiger partial charge in [0.15, 0.2) is 11.5 Å². The fourth-order valence-corrected chi connectivity index (χ4v) is 3.63. The van der Waals surface area contributed by atoms with E-state index < -0.39 is 0 Å². The summed E-state index contributed by atoms with van der Waals surface area (Å²) >= 11 is 0. The van der Waals surface area contributed by atoms with Crippen molar-refractivity contribution >= 4 is 11.7 Å². The molecule has 3 rings (SSSR count). The normalized spacial score (nSPS) is 19.5. The highest BCUT2D eigenvalue weighted by atomic mass is 16.7. The number of urea groups is 1. The van der Waals surface area contributed by atoms with Gasteiger partial charge in [0.25, 0.3) is 0 Å². The number of hydrogen-bond donors (Lipinski definition) is 2. The van der Waals surface area contributed by atoms with Gasteiger partial charge in [-0.05, 0) is 25.0 Å². The van der Waals surface area contributed by atoms with Crippen molar-refractivity contribution < 1.29 is 14.3 Å². The van der Waals surface area contributed by atoms with Crippen LogP contribution in [0.15, 0.2) is 18.2 Å². The van der Waals surface area contributed by atoms with Gasteiger partial charge >= 0.3 is 6.03 Å². The predicted molar refractivity (Wildman–Crippen MR) is 99.3 cm³/mol. The zero-order valence-electron chi connectivity index (χ0n) is 15.0. The summed E-state index contributed by atoms with van der Waals surface area (Å²) in [5.74, 6) is 1.41. The minimum Gasteiger partial charge on any atom is -0.454 e. The molecule has 0 bridgehead atoms. The van der Waals surface area contributed by atoms with Gasteiger partial charge in [0.05, 0.1) is 0 Å². The largest absolute Gasteiger partial charge is 0.454 e. The topological polar surface area (TPSA) is 59.6 Å². The first kappa shape index (κ1) is 17.9. The van der Waals surface area contributed by atoms with E-state index in [0.29, 0.717) is 5.75 Å². The van der Waals surface area contributed by atoms with Crippen molar-refractivity contribution in [1.82, 2.24) is 5.32 Å². The zero-order valence-corrected chi connectivity index (χ0v) is 15.0. The molecule has 0 radical (unpaired) electrons. The molecule has 2 N–H and O–H groups in total. The third-order valence-electron chi connectivity index (χ3n) is 5.07. The molecule has 2 amide bonds. The number of benzene rings is 1. The number of ether oxygens (including phenoxy) is 2. The van der Waals surface area contributed by atoms with Crippen molar-refractivity contribution in [3.63, 3.8) is 0 Å². The smallest absolute Gasteiger partial charge is 0.319 e. The van der Waals surface area contributed by atoms with Crippen LogP contribution in [-0.4, -0.2) is 18.9 Å². The number of hydrogen-bond acceptors (Lipinski definition) is 3. The highest BCUT2D eigenvalue weighted by Crippen LogP contribution is 2.34. The van der Waals surface area contributed by atoms with Crippen molar-refractivity contribution in [2.45, 2.75) is 76.7 Å². The minimum atomic E-state index is -0.129. The third kappa shape index (κ3) is 5.83. The summed E-state index contributed by atoms with van der Waals surface area (Å²) in [5, 5.41) is 6.08. The van der Waals surface area contributed by atoms with Crippen LogP contribution >= 0.6 is 0 Å². The quantitative estimate of drug-likeness (QED) is 0.773. The van der Waals surface area contributed by atoms with Gasteiger partial charge in [0, 0.05) is 17.8 Å². The Hall–Kier alpha value is -1.91. The second kappa shape index (κ2) is 9.54. The molecule has 25 heavy (non-hydrogen) atoms. The van der Waals surface area contributed by atoms with E-state index in [2.05, 4.69) is 10.6 Å². The standard InChI is InChI=1S/C20H30N2O3/c23-20(22-17-12-13-18-19(14-17)25-15-24-18)21-16-10-8-6-4-2-1-3-5-7-9-11-16/h12-14,16H,1-11,15H2,(H2,21,22,23). The number of rotatable bonds is 2. The highest BCUT2D eigenvalue weighted by Gasteiger charge is 2.16. The summed E-state index contributed by atoms with van der Waals surface area (Å²) in [6.07, 6.45) is 13.9. The van der Waals surface area contributed by atoms with E-state index in [-0.39, 0.29) is 18.9 Å². The van der Waals surface area contributed by atoms with E-state index in [9.17, 15) is 4.79 Å². The van der Waals surface area contributed by atoms with Crippen LogP contribution in [0.3, 0.4) is 0 Å². The SMILES string of the molecule is O=C(Nc1ccc2c(c1)OCO2)NC1CCCCCCCCCCC1. The van der Waals surface area contributed by atoms with Crippen molar-refractivity contribution in [3.8, 4) is 11.5 Å². The summed E-state index contributed by atoms with van der Waals surface area (Å²) in [7, 11) is 0. The van der Waals surface area contributed by atoms with Crippen LogP contribution in [0.4, 0.5) is 10.5 Å². The van der Waals surface area contributed by atoms with Gasteiger partial charge < -0.3 is 20.1 Å². The van der Waals surface area contributed by atoms with Crippen molar-refractivity contribution in [3.05, 3.63) is 18.2 Å². The number of anilines is 1. The van der Waals surface area contributed by atoms with Crippen LogP contribution in [-0.2, 0) is 0 Å². The Morgan fingerprint density at radius 2 is 1.44 bits per heavy atom. The van der Waals surface area contributed by atoms with Crippen LogP contribution in [0.5, 0.6) is 11.5 Å². The molecule has 5 heteroatoms. The third-order valence-corrected chi connectivity index (χ3v) is 5.07. The van der Waals surface area contributed by atoms with Crippen molar-refractivity contribution in [1.29, 1.82) is 0 Å². The Morgan fingerprint density at radius 3 is 2.12 bits per heavy atom. The molecule has 1 fully saturated rings. The van der Waals surface area contributed by atoms with Crippen LogP contribution in [0.25, 0.3) is 0 Å². The summed E-state index contributed by atoms with van der Waals surface area (Å²) in [5.41, 5.74) is 0.731. The second-order valence-corrected chi connectivity index (χ2v) is 7.12. The molecule has 0 saturated heterocycles. The molecular formula is C20H30N2O3. The van der Waals surface area contributed by atoms with Crippen LogP contribution in [0, 0.1) is 0 Å². The lowest BCUT2D eigenvalue weighted by atomic mass is 9.98. The van der Waals surface area contributed by atoms with Crippen LogP contribution in [0.1, 0.15) is 70.6 Å². The maximum Gasteiger partial charge on any atom is 0.319 e. The summed E-state index contributed by atoms with van der Waals surface area (Å²) in [6.45, 7) is 0.243. The van der Waals surface area contributed by atoms with Crippen LogP contribution in [0.2, 0.25) is 0 Å². The van der Waals surface area contributed by atoms with E-state index in [1.807, 2.05) is 18.2 Å². The zero-order chi connectivity index (χ0) is 17.3. The Kier molecular flexibility index (Phi) is 6.83. The van der Waals surface area contributed by atoms with Crippen molar-refractivity contribution in [2.24, 2.45) is 0 Å². The molecule has 1 saturated carbocycles. The van der Waals surface area contributed by atoms with Gasteiger partial charge in [-0.3, -0.25) is 0 Å².